The molecule has 0 radical (unpaired) electrons. The fraction of sp³-hybridized carbons (Fsp3) is 0.0952. The summed E-state index contributed by atoms with van der Waals surface area (Å²) in [6.45, 7) is 0.159. The Morgan fingerprint density at radius 3 is 2.90 bits per heavy atom. The van der Waals surface area contributed by atoms with Gasteiger partial charge in [0.2, 0.25) is 12.7 Å². The zero-order valence-corrected chi connectivity index (χ0v) is 17.3. The van der Waals surface area contributed by atoms with Crippen LogP contribution in [0.25, 0.3) is 17.8 Å². The first-order chi connectivity index (χ1) is 14.5. The molecular formula is C21H14N2O5S2. The molecule has 0 saturated carbocycles. The third-order valence-electron chi connectivity index (χ3n) is 4.73. The number of aromatic nitrogens is 1. The van der Waals surface area contributed by atoms with Gasteiger partial charge in [0.1, 0.15) is 5.75 Å². The number of methoxy groups -OCH3 is 1. The predicted octanol–water partition coefficient (Wildman–Crippen LogP) is 2.74. The quantitative estimate of drug-likeness (QED) is 0.500. The molecule has 0 aliphatic carbocycles. The summed E-state index contributed by atoms with van der Waals surface area (Å²) in [6, 6.07) is 10.6. The van der Waals surface area contributed by atoms with Crippen LogP contribution in [0, 0.1) is 3.95 Å². The van der Waals surface area contributed by atoms with Crippen LogP contribution in [-0.4, -0.2) is 29.5 Å². The van der Waals surface area contributed by atoms with Gasteiger partial charge >= 0.3 is 0 Å². The maximum atomic E-state index is 12.5. The van der Waals surface area contributed by atoms with Gasteiger partial charge in [-0.05, 0) is 48.6 Å². The van der Waals surface area contributed by atoms with Crippen LogP contribution in [-0.2, 0) is 4.79 Å². The van der Waals surface area contributed by atoms with Gasteiger partial charge in [-0.1, -0.05) is 0 Å². The summed E-state index contributed by atoms with van der Waals surface area (Å²) in [5.41, 5.74) is 1.00. The molecule has 3 aromatic rings. The molecule has 1 amide bonds. The van der Waals surface area contributed by atoms with E-state index in [0.29, 0.717) is 42.7 Å². The number of fused-ring (bicyclic) bond motifs is 2. The number of carbonyl (C=O) groups is 1. The Labute approximate surface area is 179 Å². The molecular weight excluding hydrogens is 424 g/mol. The molecule has 0 spiro atoms. The molecule has 1 aromatic heterocycles. The van der Waals surface area contributed by atoms with E-state index in [1.165, 1.54) is 15.9 Å². The highest BCUT2D eigenvalue weighted by Crippen LogP contribution is 2.37. The van der Waals surface area contributed by atoms with Crippen molar-refractivity contribution in [3.63, 3.8) is 0 Å². The standard InChI is InChI=1S/C21H14N2O5S2/c1-26-14-4-2-11-6-12(19(24)22-15(11)9-14)7-18-20(25)23(21(29)30-18)13-3-5-16-17(8-13)28-10-27-16/h2-9,25H,10H2,1H3/b12-7+. The number of thiazole rings is 1. The first kappa shape index (κ1) is 18.6. The van der Waals surface area contributed by atoms with E-state index in [1.807, 2.05) is 6.07 Å². The number of rotatable bonds is 3. The molecule has 0 fully saturated rings. The van der Waals surface area contributed by atoms with Crippen molar-refractivity contribution >= 4 is 41.6 Å². The smallest absolute Gasteiger partial charge is 0.277 e. The minimum atomic E-state index is -0.399. The average Bonchev–Trinajstić information content (AvgIpc) is 3.31. The number of carbonyl (C=O) groups excluding carboxylic acids is 1. The van der Waals surface area contributed by atoms with Crippen molar-refractivity contribution in [3.05, 3.63) is 61.4 Å². The average molecular weight is 438 g/mol. The minimum absolute atomic E-state index is 0.0573. The molecule has 5 rings (SSSR count). The maximum Gasteiger partial charge on any atom is 0.277 e. The molecule has 3 heterocycles. The highest BCUT2D eigenvalue weighted by molar-refractivity contribution is 7.73. The van der Waals surface area contributed by atoms with Crippen LogP contribution in [0.15, 0.2) is 47.0 Å². The van der Waals surface area contributed by atoms with Crippen LogP contribution in [0.4, 0.5) is 0 Å². The van der Waals surface area contributed by atoms with Crippen molar-refractivity contribution in [3.8, 4) is 28.8 Å². The highest BCUT2D eigenvalue weighted by atomic mass is 32.1. The number of benzene rings is 2. The fourth-order valence-electron chi connectivity index (χ4n) is 3.25. The van der Waals surface area contributed by atoms with Gasteiger partial charge < -0.3 is 19.3 Å². The number of aromatic hydroxyl groups is 1. The summed E-state index contributed by atoms with van der Waals surface area (Å²) in [6.07, 6.45) is 3.33. The Balaban J connectivity index is 1.58. The maximum absolute atomic E-state index is 12.5. The summed E-state index contributed by atoms with van der Waals surface area (Å²) in [7, 11) is 1.56. The highest BCUT2D eigenvalue weighted by Gasteiger charge is 2.19. The summed E-state index contributed by atoms with van der Waals surface area (Å²) in [4.78, 5) is 17.1. The van der Waals surface area contributed by atoms with Crippen LogP contribution in [0.3, 0.4) is 0 Å². The molecule has 9 heteroatoms. The molecule has 2 aliphatic heterocycles. The monoisotopic (exact) mass is 438 g/mol. The van der Waals surface area contributed by atoms with Crippen molar-refractivity contribution in [2.24, 2.45) is 4.99 Å². The lowest BCUT2D eigenvalue weighted by Gasteiger charge is -2.07. The largest absolute Gasteiger partial charge is 0.497 e. The summed E-state index contributed by atoms with van der Waals surface area (Å²) >= 11 is 6.64. The van der Waals surface area contributed by atoms with E-state index in [-0.39, 0.29) is 12.7 Å². The number of ether oxygens (including phenoxy) is 3. The molecule has 2 aromatic carbocycles. The summed E-state index contributed by atoms with van der Waals surface area (Å²) < 4.78 is 17.9. The van der Waals surface area contributed by atoms with E-state index >= 15 is 0 Å². The second-order valence-electron chi connectivity index (χ2n) is 6.51. The zero-order valence-electron chi connectivity index (χ0n) is 15.6. The molecule has 0 atom stereocenters. The van der Waals surface area contributed by atoms with Crippen LogP contribution in [0.5, 0.6) is 23.1 Å². The molecule has 30 heavy (non-hydrogen) atoms. The molecule has 150 valence electrons. The number of nitrogens with zero attached hydrogens (tertiary/aromatic N) is 2. The minimum Gasteiger partial charge on any atom is -0.497 e. The van der Waals surface area contributed by atoms with Crippen LogP contribution in [0.1, 0.15) is 4.88 Å². The van der Waals surface area contributed by atoms with Gasteiger partial charge in [0.25, 0.3) is 5.91 Å². The lowest BCUT2D eigenvalue weighted by molar-refractivity contribution is -0.114. The van der Waals surface area contributed by atoms with Crippen molar-refractivity contribution in [2.45, 2.75) is 0 Å². The van der Waals surface area contributed by atoms with Crippen molar-refractivity contribution in [1.82, 2.24) is 4.57 Å². The lowest BCUT2D eigenvalue weighted by atomic mass is 10.1. The molecule has 0 saturated heterocycles. The fourth-order valence-corrected chi connectivity index (χ4v) is 4.55. The Morgan fingerprint density at radius 2 is 2.07 bits per heavy atom. The van der Waals surface area contributed by atoms with Gasteiger partial charge in [0.05, 0.1) is 23.0 Å². The van der Waals surface area contributed by atoms with E-state index in [1.54, 1.807) is 49.6 Å². The second kappa shape index (κ2) is 7.12. The first-order valence-electron chi connectivity index (χ1n) is 8.89. The number of hydrogen-bond donors (Lipinski definition) is 1. The van der Waals surface area contributed by atoms with Gasteiger partial charge in [0, 0.05) is 22.9 Å². The van der Waals surface area contributed by atoms with Gasteiger partial charge in [-0.25, -0.2) is 4.99 Å². The molecule has 2 aliphatic rings. The third-order valence-corrected chi connectivity index (χ3v) is 6.04. The van der Waals surface area contributed by atoms with Crippen molar-refractivity contribution < 1.29 is 24.1 Å². The molecule has 1 N–H and O–H groups in total. The van der Waals surface area contributed by atoms with E-state index in [9.17, 15) is 9.90 Å². The van der Waals surface area contributed by atoms with Crippen molar-refractivity contribution in [2.75, 3.05) is 13.9 Å². The Kier molecular flexibility index (Phi) is 4.41. The Morgan fingerprint density at radius 1 is 1.23 bits per heavy atom. The lowest BCUT2D eigenvalue weighted by Crippen LogP contribution is -2.30. The molecule has 0 bridgehead atoms. The Hall–Kier alpha value is -3.43. The van der Waals surface area contributed by atoms with Crippen LogP contribution in [0.2, 0.25) is 0 Å². The normalized spacial score (nSPS) is 15.5. The first-order valence-corrected chi connectivity index (χ1v) is 10.1. The number of amides is 1. The van der Waals surface area contributed by atoms with Crippen LogP contribution < -0.4 is 24.8 Å². The van der Waals surface area contributed by atoms with Gasteiger partial charge in [0.15, 0.2) is 15.5 Å². The van der Waals surface area contributed by atoms with Gasteiger partial charge in [-0.15, -0.1) is 11.3 Å². The van der Waals surface area contributed by atoms with Crippen molar-refractivity contribution in [1.29, 1.82) is 0 Å². The third kappa shape index (κ3) is 3.08. The van der Waals surface area contributed by atoms with Gasteiger partial charge in [-0.3, -0.25) is 9.36 Å². The topological polar surface area (TPSA) is 82.3 Å². The predicted molar refractivity (Wildman–Crippen MR) is 113 cm³/mol. The Bertz CT molecular complexity index is 1420. The second-order valence-corrected chi connectivity index (χ2v) is 8.19. The summed E-state index contributed by atoms with van der Waals surface area (Å²) in [5, 5.41) is 12.1. The summed E-state index contributed by atoms with van der Waals surface area (Å²) in [5.74, 6) is 1.40. The van der Waals surface area contributed by atoms with Crippen LogP contribution >= 0.6 is 23.6 Å². The molecule has 7 nitrogen and oxygen atoms in total. The van der Waals surface area contributed by atoms with E-state index in [4.69, 9.17) is 26.4 Å². The van der Waals surface area contributed by atoms with Gasteiger partial charge in [-0.2, -0.15) is 0 Å². The van der Waals surface area contributed by atoms with E-state index in [0.717, 1.165) is 5.22 Å². The SMILES string of the molecule is COc1ccc2c(c1)=NC(=O)/C(=C/c1sc(=S)n(-c3ccc4c(c3)OCO4)c1O)C=2. The number of hydrogen-bond acceptors (Lipinski definition) is 7. The van der Waals surface area contributed by atoms with E-state index in [2.05, 4.69) is 4.99 Å². The zero-order chi connectivity index (χ0) is 20.8. The molecule has 0 unspecified atom stereocenters. The van der Waals surface area contributed by atoms with E-state index < -0.39 is 5.91 Å².